The van der Waals surface area contributed by atoms with Crippen molar-refractivity contribution in [3.63, 3.8) is 0 Å². The average molecular weight is 614 g/mol. The lowest BCUT2D eigenvalue weighted by Crippen LogP contribution is -2.63. The van der Waals surface area contributed by atoms with E-state index in [1.54, 1.807) is 26.3 Å². The summed E-state index contributed by atoms with van der Waals surface area (Å²) in [6, 6.07) is 4.60. The van der Waals surface area contributed by atoms with Gasteiger partial charge in [-0.1, -0.05) is 0 Å². The minimum Gasteiger partial charge on any atom is -0.404 e. The Hall–Kier alpha value is -3.02. The fourth-order valence-electron chi connectivity index (χ4n) is 7.56. The molecule has 4 aliphatic rings. The zero-order valence-corrected chi connectivity index (χ0v) is 26.6. The molecule has 0 aliphatic carbocycles. The third kappa shape index (κ3) is 7.10. The van der Waals surface area contributed by atoms with Gasteiger partial charge >= 0.3 is 0 Å². The van der Waals surface area contributed by atoms with Gasteiger partial charge in [-0.3, -0.25) is 15.1 Å². The maximum absolute atomic E-state index is 14.5. The normalized spacial score (nSPS) is 22.2. The van der Waals surface area contributed by atoms with Gasteiger partial charge in [0.1, 0.15) is 13.2 Å². The zero-order chi connectivity index (χ0) is 31.2. The van der Waals surface area contributed by atoms with Crippen molar-refractivity contribution in [3.8, 4) is 0 Å². The number of carbonyl (C=O) groups is 1. The summed E-state index contributed by atoms with van der Waals surface area (Å²) in [4.78, 5) is 22.3. The molecule has 0 saturated carbocycles. The monoisotopic (exact) mass is 613 g/mol. The van der Waals surface area contributed by atoms with Gasteiger partial charge in [-0.2, -0.15) is 0 Å². The van der Waals surface area contributed by atoms with E-state index in [9.17, 15) is 13.6 Å². The number of fused-ring (bicyclic) bond motifs is 1. The van der Waals surface area contributed by atoms with E-state index in [1.165, 1.54) is 24.7 Å². The number of allylic oxidation sites excluding steroid dienone is 1. The molecule has 1 aromatic rings. The standard InChI is InChI=1S/C33H50F2N8O/c1-22(44)42-16-10-30(40-25-8-14-41(15-9-25)26-6-11-39-12-7-26)29(21-42)33(38-3)43-13-4-5-23-17-27(24(19-36)20-37-2)28(32(34)35)18-31(23)43/h17-20,25-26,32-33,38-40H,4-16,21,36H2,1-3H3/p+1/b24-19+,37-20?. The molecule has 0 aromatic heterocycles. The molecule has 0 radical (unpaired) electrons. The van der Waals surface area contributed by atoms with Crippen LogP contribution in [-0.2, 0) is 11.2 Å². The Morgan fingerprint density at radius 1 is 1.11 bits per heavy atom. The van der Waals surface area contributed by atoms with Gasteiger partial charge in [-0.05, 0) is 81.9 Å². The molecule has 11 heteroatoms. The van der Waals surface area contributed by atoms with Crippen LogP contribution in [0, 0.1) is 0 Å². The predicted octanol–water partition coefficient (Wildman–Crippen LogP) is 1.32. The van der Waals surface area contributed by atoms with Crippen molar-refractivity contribution in [3.05, 3.63) is 46.3 Å². The quantitative estimate of drug-likeness (QED) is 0.268. The van der Waals surface area contributed by atoms with E-state index in [-0.39, 0.29) is 17.6 Å². The number of piperidine rings is 2. The molecule has 1 atom stereocenters. The Kier molecular flexibility index (Phi) is 10.9. The van der Waals surface area contributed by atoms with Gasteiger partial charge in [0.05, 0.1) is 5.57 Å². The molecule has 242 valence electrons. The highest BCUT2D eigenvalue weighted by atomic mass is 19.3. The zero-order valence-electron chi connectivity index (χ0n) is 26.6. The number of nitrogens with two attached hydrogens (primary N) is 1. The number of likely N-dealkylation sites (N-methyl/N-ethyl adjacent to an activating group) is 1. The summed E-state index contributed by atoms with van der Waals surface area (Å²) < 4.78 is 29.0. The first-order valence-corrected chi connectivity index (χ1v) is 16.3. The molecule has 6 N–H and O–H groups in total. The molecule has 2 saturated heterocycles. The fraction of sp³-hybridized carbons (Fsp3) is 0.636. The van der Waals surface area contributed by atoms with Crippen LogP contribution in [0.4, 0.5) is 14.5 Å². The molecular weight excluding hydrogens is 562 g/mol. The first-order chi connectivity index (χ1) is 21.3. The largest absolute Gasteiger partial charge is 0.404 e. The molecule has 9 nitrogen and oxygen atoms in total. The Morgan fingerprint density at radius 2 is 1.86 bits per heavy atom. The van der Waals surface area contributed by atoms with E-state index in [0.717, 1.165) is 81.7 Å². The van der Waals surface area contributed by atoms with Gasteiger partial charge in [0.15, 0.2) is 6.21 Å². The highest BCUT2D eigenvalue weighted by Gasteiger charge is 2.34. The second-order valence-corrected chi connectivity index (χ2v) is 12.5. The highest BCUT2D eigenvalue weighted by Crippen LogP contribution is 2.38. The van der Waals surface area contributed by atoms with Crippen molar-refractivity contribution in [1.82, 2.24) is 25.8 Å². The van der Waals surface area contributed by atoms with Crippen LogP contribution in [0.25, 0.3) is 5.57 Å². The second kappa shape index (κ2) is 14.8. The van der Waals surface area contributed by atoms with Gasteiger partial charge in [0, 0.05) is 86.9 Å². The molecule has 0 spiro atoms. The molecule has 4 heterocycles. The van der Waals surface area contributed by atoms with E-state index in [2.05, 4.69) is 30.7 Å². The molecule has 44 heavy (non-hydrogen) atoms. The molecule has 5 rings (SSSR count). The van der Waals surface area contributed by atoms with Crippen molar-refractivity contribution in [1.29, 1.82) is 0 Å². The lowest BCUT2D eigenvalue weighted by atomic mass is 9.91. The Morgan fingerprint density at radius 3 is 2.50 bits per heavy atom. The minimum atomic E-state index is -2.65. The van der Waals surface area contributed by atoms with Crippen LogP contribution in [0.5, 0.6) is 0 Å². The van der Waals surface area contributed by atoms with Gasteiger partial charge in [-0.15, -0.1) is 0 Å². The number of hydrogen-bond acceptors (Lipinski definition) is 7. The third-order valence-electron chi connectivity index (χ3n) is 9.90. The molecule has 1 aromatic carbocycles. The van der Waals surface area contributed by atoms with Crippen LogP contribution in [0.1, 0.15) is 68.6 Å². The number of benzene rings is 1. The maximum atomic E-state index is 14.5. The van der Waals surface area contributed by atoms with Crippen molar-refractivity contribution in [2.45, 2.75) is 76.5 Å². The highest BCUT2D eigenvalue weighted by molar-refractivity contribution is 6.07. The number of halogens is 2. The molecule has 2 fully saturated rings. The summed E-state index contributed by atoms with van der Waals surface area (Å²) in [7, 11) is 3.65. The second-order valence-electron chi connectivity index (χ2n) is 12.5. The van der Waals surface area contributed by atoms with E-state index < -0.39 is 6.43 Å². The number of nitrogens with zero attached hydrogens (tertiary/aromatic N) is 3. The first kappa shape index (κ1) is 32.4. The van der Waals surface area contributed by atoms with Gasteiger partial charge in [0.25, 0.3) is 6.43 Å². The summed E-state index contributed by atoms with van der Waals surface area (Å²) in [5.74, 6) is 0.0530. The van der Waals surface area contributed by atoms with E-state index in [4.69, 9.17) is 5.73 Å². The molecule has 4 aliphatic heterocycles. The van der Waals surface area contributed by atoms with Crippen LogP contribution in [-0.4, -0.2) is 100 Å². The summed E-state index contributed by atoms with van der Waals surface area (Å²) >= 11 is 0. The number of alkyl halides is 2. The summed E-state index contributed by atoms with van der Waals surface area (Å²) in [6.45, 7) is 7.96. The summed E-state index contributed by atoms with van der Waals surface area (Å²) in [5, 5.41) is 10.9. The van der Waals surface area contributed by atoms with Crippen molar-refractivity contribution < 1.29 is 18.6 Å². The number of amides is 1. The Balaban J connectivity index is 1.44. The van der Waals surface area contributed by atoms with Crippen LogP contribution in [0.2, 0.25) is 0 Å². The minimum absolute atomic E-state index is 0.0319. The van der Waals surface area contributed by atoms with E-state index >= 15 is 0 Å². The summed E-state index contributed by atoms with van der Waals surface area (Å²) in [6.07, 6.45) is 7.23. The molecule has 0 bridgehead atoms. The lowest BCUT2D eigenvalue weighted by molar-refractivity contribution is -0.412. The number of nitrogens with one attached hydrogen (secondary N) is 4. The van der Waals surface area contributed by atoms with Gasteiger partial charge in [0.2, 0.25) is 5.91 Å². The molecular formula is C33H51F2N8O+. The van der Waals surface area contributed by atoms with Gasteiger partial charge in [-0.25, -0.2) is 8.78 Å². The third-order valence-corrected chi connectivity index (χ3v) is 9.90. The van der Waals surface area contributed by atoms with Crippen LogP contribution >= 0.6 is 0 Å². The lowest BCUT2D eigenvalue weighted by Gasteiger charge is -2.44. The fourth-order valence-corrected chi connectivity index (χ4v) is 7.56. The Bertz CT molecular complexity index is 1250. The first-order valence-electron chi connectivity index (χ1n) is 16.3. The predicted molar refractivity (Wildman–Crippen MR) is 173 cm³/mol. The average Bonchev–Trinajstić information content (AvgIpc) is 3.04. The number of hydrogen-bond donors (Lipinski definition) is 5. The smallest absolute Gasteiger partial charge is 0.264 e. The van der Waals surface area contributed by atoms with E-state index in [1.807, 2.05) is 18.0 Å². The molecule has 1 amide bonds. The summed E-state index contributed by atoms with van der Waals surface area (Å²) in [5.41, 5.74) is 11.0. The SMILES string of the molecule is CNC(C1=C(NC2CCN(C3CCNCC3)CC2)CCN(C(C)=O)C1)N1CCCc2cc(/C(C=[NH+]C)=C/N)c(C(F)F)cc21. The van der Waals surface area contributed by atoms with Crippen LogP contribution < -0.4 is 31.6 Å². The van der Waals surface area contributed by atoms with E-state index in [0.29, 0.717) is 36.3 Å². The van der Waals surface area contributed by atoms with Gasteiger partial charge < -0.3 is 31.1 Å². The number of anilines is 1. The maximum Gasteiger partial charge on any atom is 0.264 e. The molecule has 1 unspecified atom stereocenters. The number of likely N-dealkylation sites (tertiary alicyclic amines) is 1. The van der Waals surface area contributed by atoms with Crippen molar-refractivity contribution in [2.75, 3.05) is 64.8 Å². The van der Waals surface area contributed by atoms with Crippen molar-refractivity contribution in [2.24, 2.45) is 5.73 Å². The van der Waals surface area contributed by atoms with Crippen molar-refractivity contribution >= 4 is 23.4 Å². The number of aryl methyl sites for hydroxylation is 1. The van der Waals surface area contributed by atoms with Crippen LogP contribution in [0.15, 0.2) is 29.6 Å². The topological polar surface area (TPSA) is 103 Å². The number of carbonyl (C=O) groups excluding carboxylic acids is 1. The Labute approximate surface area is 261 Å². The van der Waals surface area contributed by atoms with Crippen LogP contribution in [0.3, 0.4) is 0 Å². The number of rotatable bonds is 9.